The van der Waals surface area contributed by atoms with E-state index in [1.165, 1.54) is 11.1 Å². The molecule has 19 heavy (non-hydrogen) atoms. The molecule has 0 aliphatic carbocycles. The molecule has 3 heterocycles. The van der Waals surface area contributed by atoms with Gasteiger partial charge in [0, 0.05) is 18.0 Å². The molecule has 0 atom stereocenters. The lowest BCUT2D eigenvalue weighted by molar-refractivity contribution is -0.139. The van der Waals surface area contributed by atoms with Crippen molar-refractivity contribution in [3.05, 3.63) is 30.1 Å². The Kier molecular flexibility index (Phi) is 2.55. The molecule has 6 nitrogen and oxygen atoms in total. The van der Waals surface area contributed by atoms with Crippen molar-refractivity contribution in [1.29, 1.82) is 0 Å². The summed E-state index contributed by atoms with van der Waals surface area (Å²) >= 11 is 0. The molecule has 2 aliphatic heterocycles. The maximum atomic E-state index is 14.5. The highest BCUT2D eigenvalue weighted by Crippen LogP contribution is 2.35. The zero-order valence-corrected chi connectivity index (χ0v) is 9.97. The highest BCUT2D eigenvalue weighted by atomic mass is 19.1. The largest absolute Gasteiger partial charge is 0.330 e. The molecule has 0 unspecified atom stereocenters. The van der Waals surface area contributed by atoms with Crippen LogP contribution < -0.4 is 5.43 Å². The van der Waals surface area contributed by atoms with Crippen molar-refractivity contribution in [2.75, 3.05) is 13.1 Å². The number of hydrazone groups is 1. The fourth-order valence-electron chi connectivity index (χ4n) is 2.18. The zero-order chi connectivity index (χ0) is 13.5. The molecule has 1 saturated heterocycles. The standard InChI is InChI=1S/C12H11FN4O2/c13-12(8-2-1-3-14-5-8)6-17(7-12)11(19)9-4-10(18)16-15-9/h1-3,5H,4,6-7H2,(H,16,18). The Labute approximate surface area is 108 Å². The first-order chi connectivity index (χ1) is 9.08. The van der Waals surface area contributed by atoms with Crippen LogP contribution in [0, 0.1) is 0 Å². The number of carbonyl (C=O) groups excluding carboxylic acids is 2. The van der Waals surface area contributed by atoms with Gasteiger partial charge in [0.05, 0.1) is 19.5 Å². The van der Waals surface area contributed by atoms with Gasteiger partial charge in [-0.25, -0.2) is 9.82 Å². The summed E-state index contributed by atoms with van der Waals surface area (Å²) in [5.41, 5.74) is 1.25. The van der Waals surface area contributed by atoms with E-state index < -0.39 is 11.6 Å². The van der Waals surface area contributed by atoms with Gasteiger partial charge in [0.25, 0.3) is 5.91 Å². The lowest BCUT2D eigenvalue weighted by Crippen LogP contribution is -2.60. The molecule has 0 saturated carbocycles. The monoisotopic (exact) mass is 262 g/mol. The molecule has 0 radical (unpaired) electrons. The maximum Gasteiger partial charge on any atom is 0.270 e. The Morgan fingerprint density at radius 2 is 2.26 bits per heavy atom. The van der Waals surface area contributed by atoms with E-state index in [1.807, 2.05) is 0 Å². The summed E-state index contributed by atoms with van der Waals surface area (Å²) < 4.78 is 14.5. The third-order valence-electron chi connectivity index (χ3n) is 3.24. The summed E-state index contributed by atoms with van der Waals surface area (Å²) in [4.78, 5) is 28.1. The normalized spacial score (nSPS) is 20.6. The number of nitrogens with zero attached hydrogens (tertiary/aromatic N) is 3. The highest BCUT2D eigenvalue weighted by molar-refractivity contribution is 6.43. The van der Waals surface area contributed by atoms with Crippen LogP contribution in [0.3, 0.4) is 0 Å². The van der Waals surface area contributed by atoms with Gasteiger partial charge in [-0.3, -0.25) is 14.6 Å². The molecule has 1 N–H and O–H groups in total. The number of pyridine rings is 1. The first-order valence-corrected chi connectivity index (χ1v) is 5.83. The van der Waals surface area contributed by atoms with Crippen LogP contribution in [0.5, 0.6) is 0 Å². The smallest absolute Gasteiger partial charge is 0.270 e. The summed E-state index contributed by atoms with van der Waals surface area (Å²) in [7, 11) is 0. The first-order valence-electron chi connectivity index (χ1n) is 5.83. The van der Waals surface area contributed by atoms with Crippen molar-refractivity contribution < 1.29 is 14.0 Å². The van der Waals surface area contributed by atoms with E-state index in [0.29, 0.717) is 5.56 Å². The lowest BCUT2D eigenvalue weighted by Gasteiger charge is -2.44. The Morgan fingerprint density at radius 3 is 2.84 bits per heavy atom. The van der Waals surface area contributed by atoms with E-state index in [1.54, 1.807) is 18.3 Å². The summed E-state index contributed by atoms with van der Waals surface area (Å²) in [6.45, 7) is -0.0739. The number of alkyl halides is 1. The van der Waals surface area contributed by atoms with Gasteiger partial charge in [0.1, 0.15) is 5.71 Å². The van der Waals surface area contributed by atoms with Gasteiger partial charge in [0.15, 0.2) is 5.67 Å². The van der Waals surface area contributed by atoms with Gasteiger partial charge in [0.2, 0.25) is 5.91 Å². The topological polar surface area (TPSA) is 74.7 Å². The SMILES string of the molecule is O=C1CC(C(=O)N2CC(F)(c3cccnc3)C2)=NN1. The number of carbonyl (C=O) groups is 2. The van der Waals surface area contributed by atoms with E-state index in [-0.39, 0.29) is 31.1 Å². The molecule has 1 aromatic rings. The Morgan fingerprint density at radius 1 is 1.47 bits per heavy atom. The molecular weight excluding hydrogens is 251 g/mol. The number of hydrogen-bond acceptors (Lipinski definition) is 4. The minimum absolute atomic E-state index is 0.0370. The molecule has 2 amide bonds. The second kappa shape index (κ2) is 4.11. The van der Waals surface area contributed by atoms with Crippen LogP contribution >= 0.6 is 0 Å². The predicted octanol–water partition coefficient (Wildman–Crippen LogP) is -0.0355. The Balaban J connectivity index is 1.67. The van der Waals surface area contributed by atoms with Crippen molar-refractivity contribution in [2.24, 2.45) is 5.10 Å². The fraction of sp³-hybridized carbons (Fsp3) is 0.333. The third kappa shape index (κ3) is 1.96. The second-order valence-corrected chi connectivity index (χ2v) is 4.64. The van der Waals surface area contributed by atoms with Crippen molar-refractivity contribution in [3.63, 3.8) is 0 Å². The molecule has 3 rings (SSSR count). The molecule has 7 heteroatoms. The number of likely N-dealkylation sites (tertiary alicyclic amines) is 1. The van der Waals surface area contributed by atoms with E-state index in [0.717, 1.165) is 0 Å². The molecule has 0 aromatic carbocycles. The third-order valence-corrected chi connectivity index (χ3v) is 3.24. The van der Waals surface area contributed by atoms with Gasteiger partial charge >= 0.3 is 0 Å². The van der Waals surface area contributed by atoms with E-state index >= 15 is 0 Å². The van der Waals surface area contributed by atoms with Crippen LogP contribution in [0.25, 0.3) is 0 Å². The van der Waals surface area contributed by atoms with Crippen LogP contribution in [0.1, 0.15) is 12.0 Å². The van der Waals surface area contributed by atoms with Crippen LogP contribution in [0.2, 0.25) is 0 Å². The number of rotatable bonds is 2. The Hall–Kier alpha value is -2.31. The summed E-state index contributed by atoms with van der Waals surface area (Å²) in [6.07, 6.45) is 2.99. The van der Waals surface area contributed by atoms with E-state index in [2.05, 4.69) is 15.5 Å². The minimum atomic E-state index is -1.56. The molecule has 1 fully saturated rings. The maximum absolute atomic E-state index is 14.5. The average Bonchev–Trinajstić information content (AvgIpc) is 2.82. The van der Waals surface area contributed by atoms with Gasteiger partial charge in [-0.1, -0.05) is 6.07 Å². The second-order valence-electron chi connectivity index (χ2n) is 4.64. The zero-order valence-electron chi connectivity index (χ0n) is 9.97. The van der Waals surface area contributed by atoms with Gasteiger partial charge in [-0.2, -0.15) is 5.10 Å². The number of amides is 2. The molecule has 1 aromatic heterocycles. The molecular formula is C12H11FN4O2. The van der Waals surface area contributed by atoms with Crippen molar-refractivity contribution in [1.82, 2.24) is 15.3 Å². The predicted molar refractivity (Wildman–Crippen MR) is 63.8 cm³/mol. The van der Waals surface area contributed by atoms with Crippen molar-refractivity contribution in [2.45, 2.75) is 12.1 Å². The van der Waals surface area contributed by atoms with E-state index in [4.69, 9.17) is 0 Å². The van der Waals surface area contributed by atoms with E-state index in [9.17, 15) is 14.0 Å². The molecule has 2 aliphatic rings. The minimum Gasteiger partial charge on any atom is -0.330 e. The number of aromatic nitrogens is 1. The van der Waals surface area contributed by atoms with Crippen LogP contribution in [0.15, 0.2) is 29.6 Å². The molecule has 0 bridgehead atoms. The van der Waals surface area contributed by atoms with Crippen LogP contribution in [0.4, 0.5) is 4.39 Å². The summed E-state index contributed by atoms with van der Waals surface area (Å²) in [5.74, 6) is -0.710. The Bertz CT molecular complexity index is 566. The lowest BCUT2D eigenvalue weighted by atomic mass is 9.88. The summed E-state index contributed by atoms with van der Waals surface area (Å²) in [6, 6.07) is 3.30. The fourth-order valence-corrected chi connectivity index (χ4v) is 2.18. The quantitative estimate of drug-likeness (QED) is 0.813. The van der Waals surface area contributed by atoms with Gasteiger partial charge in [-0.05, 0) is 6.07 Å². The number of nitrogens with one attached hydrogen (secondary N) is 1. The highest BCUT2D eigenvalue weighted by Gasteiger charge is 2.48. The molecule has 0 spiro atoms. The van der Waals surface area contributed by atoms with Crippen LogP contribution in [-0.4, -0.2) is 40.5 Å². The van der Waals surface area contributed by atoms with Crippen LogP contribution in [-0.2, 0) is 15.3 Å². The van der Waals surface area contributed by atoms with Crippen molar-refractivity contribution >= 4 is 17.5 Å². The van der Waals surface area contributed by atoms with Crippen molar-refractivity contribution in [3.8, 4) is 0 Å². The summed E-state index contributed by atoms with van der Waals surface area (Å²) in [5, 5.41) is 3.63. The van der Waals surface area contributed by atoms with Gasteiger partial charge < -0.3 is 4.90 Å². The number of halogens is 1. The molecule has 98 valence electrons. The number of hydrogen-bond donors (Lipinski definition) is 1. The van der Waals surface area contributed by atoms with Gasteiger partial charge in [-0.15, -0.1) is 0 Å². The first kappa shape index (κ1) is 11.8. The average molecular weight is 262 g/mol.